The molecule has 28 heavy (non-hydrogen) atoms. The molecule has 7 nitrogen and oxygen atoms in total. The number of hydrogen-bond acceptors (Lipinski definition) is 4. The fourth-order valence-corrected chi connectivity index (χ4v) is 3.87. The van der Waals surface area contributed by atoms with Gasteiger partial charge in [0.15, 0.2) is 0 Å². The fraction of sp³-hybridized carbons (Fsp3) is 0.250. The minimum atomic E-state index is -0.265. The van der Waals surface area contributed by atoms with Gasteiger partial charge in [-0.2, -0.15) is 0 Å². The number of halogens is 1. The van der Waals surface area contributed by atoms with E-state index in [1.807, 2.05) is 36.4 Å². The van der Waals surface area contributed by atoms with Crippen LogP contribution in [0.3, 0.4) is 0 Å². The maximum absolute atomic E-state index is 12.5. The number of H-pyrrole nitrogens is 1. The van der Waals surface area contributed by atoms with Crippen molar-refractivity contribution in [3.05, 3.63) is 52.8 Å². The molecule has 0 saturated carbocycles. The minimum Gasteiger partial charge on any atom is -0.369 e. The van der Waals surface area contributed by atoms with Crippen LogP contribution in [0, 0.1) is 5.92 Å². The number of benzene rings is 1. The fourth-order valence-electron chi connectivity index (χ4n) is 3.49. The van der Waals surface area contributed by atoms with Crippen LogP contribution in [0.15, 0.2) is 47.1 Å². The Morgan fingerprint density at radius 1 is 1.25 bits per heavy atom. The number of amides is 2. The van der Waals surface area contributed by atoms with Crippen LogP contribution < -0.4 is 16.0 Å². The molecule has 0 radical (unpaired) electrons. The van der Waals surface area contributed by atoms with Crippen molar-refractivity contribution in [2.75, 3.05) is 23.3 Å². The van der Waals surface area contributed by atoms with Crippen LogP contribution in [0.2, 0.25) is 0 Å². The lowest BCUT2D eigenvalue weighted by atomic mass is 9.97. The molecular weight excluding hydrogens is 422 g/mol. The molecule has 2 aromatic heterocycles. The molecule has 0 aliphatic carbocycles. The number of aromatic amines is 1. The van der Waals surface area contributed by atoms with Crippen molar-refractivity contribution in [1.29, 1.82) is 0 Å². The highest BCUT2D eigenvalue weighted by Gasteiger charge is 2.24. The maximum Gasteiger partial charge on any atom is 0.272 e. The smallest absolute Gasteiger partial charge is 0.272 e. The summed E-state index contributed by atoms with van der Waals surface area (Å²) in [5.74, 6) is 0.143. The van der Waals surface area contributed by atoms with E-state index in [9.17, 15) is 9.59 Å². The summed E-state index contributed by atoms with van der Waals surface area (Å²) in [6.45, 7) is 1.42. The van der Waals surface area contributed by atoms with Crippen molar-refractivity contribution in [1.82, 2.24) is 9.97 Å². The lowest BCUT2D eigenvalue weighted by Crippen LogP contribution is -2.41. The zero-order valence-corrected chi connectivity index (χ0v) is 16.7. The Bertz CT molecular complexity index is 1030. The van der Waals surface area contributed by atoms with Gasteiger partial charge in [0.05, 0.1) is 17.8 Å². The summed E-state index contributed by atoms with van der Waals surface area (Å²) in [5, 5.41) is 3.81. The monoisotopic (exact) mass is 441 g/mol. The SMILES string of the molecule is NC(=O)C1CCCN(c2ccc(NC(=O)c3cc4cc(Br)ccc4[nH]3)cn2)C1. The molecule has 1 unspecified atom stereocenters. The first-order valence-corrected chi connectivity index (χ1v) is 9.89. The molecular formula is C20H20BrN5O2. The molecule has 4 N–H and O–H groups in total. The number of piperidine rings is 1. The average Bonchev–Trinajstić information content (AvgIpc) is 3.12. The minimum absolute atomic E-state index is 0.142. The van der Waals surface area contributed by atoms with Crippen LogP contribution in [-0.2, 0) is 4.79 Å². The number of rotatable bonds is 4. The number of carbonyl (C=O) groups is 2. The number of hydrogen-bond donors (Lipinski definition) is 3. The van der Waals surface area contributed by atoms with Crippen molar-refractivity contribution in [3.63, 3.8) is 0 Å². The molecule has 1 atom stereocenters. The zero-order chi connectivity index (χ0) is 19.7. The predicted octanol–water partition coefficient (Wildman–Crippen LogP) is 3.28. The molecule has 8 heteroatoms. The van der Waals surface area contributed by atoms with E-state index < -0.39 is 0 Å². The van der Waals surface area contributed by atoms with Crippen LogP contribution in [0.1, 0.15) is 23.3 Å². The number of carbonyl (C=O) groups excluding carboxylic acids is 2. The van der Waals surface area contributed by atoms with Crippen LogP contribution in [-0.4, -0.2) is 34.9 Å². The molecule has 1 aromatic carbocycles. The van der Waals surface area contributed by atoms with E-state index in [1.54, 1.807) is 6.20 Å². The highest BCUT2D eigenvalue weighted by Crippen LogP contribution is 2.23. The highest BCUT2D eigenvalue weighted by molar-refractivity contribution is 9.10. The molecule has 1 fully saturated rings. The van der Waals surface area contributed by atoms with Crippen LogP contribution in [0.25, 0.3) is 10.9 Å². The van der Waals surface area contributed by atoms with Gasteiger partial charge in [-0.3, -0.25) is 9.59 Å². The van der Waals surface area contributed by atoms with Gasteiger partial charge in [0.2, 0.25) is 5.91 Å². The molecule has 3 heterocycles. The molecule has 1 aliphatic rings. The van der Waals surface area contributed by atoms with E-state index in [-0.39, 0.29) is 17.7 Å². The topological polar surface area (TPSA) is 104 Å². The Kier molecular flexibility index (Phi) is 5.04. The highest BCUT2D eigenvalue weighted by atomic mass is 79.9. The lowest BCUT2D eigenvalue weighted by molar-refractivity contribution is -0.122. The van der Waals surface area contributed by atoms with Gasteiger partial charge in [-0.05, 0) is 49.2 Å². The van der Waals surface area contributed by atoms with Gasteiger partial charge >= 0.3 is 0 Å². The lowest BCUT2D eigenvalue weighted by Gasteiger charge is -2.32. The number of nitrogens with zero attached hydrogens (tertiary/aromatic N) is 2. The summed E-state index contributed by atoms with van der Waals surface area (Å²) in [6.07, 6.45) is 3.35. The second-order valence-electron chi connectivity index (χ2n) is 6.96. The van der Waals surface area contributed by atoms with E-state index >= 15 is 0 Å². The quantitative estimate of drug-likeness (QED) is 0.577. The van der Waals surface area contributed by atoms with Crippen molar-refractivity contribution < 1.29 is 9.59 Å². The maximum atomic E-state index is 12.5. The summed E-state index contributed by atoms with van der Waals surface area (Å²) in [4.78, 5) is 33.6. The van der Waals surface area contributed by atoms with Gasteiger partial charge < -0.3 is 20.9 Å². The molecule has 0 spiro atoms. The largest absolute Gasteiger partial charge is 0.369 e. The summed E-state index contributed by atoms with van der Waals surface area (Å²) in [6, 6.07) is 11.3. The standard InChI is InChI=1S/C20H20BrN5O2/c21-14-3-5-16-13(8-14)9-17(25-16)20(28)24-15-4-6-18(23-10-15)26-7-1-2-12(11-26)19(22)27/h3-6,8-10,12,25H,1-2,7,11H2,(H2,22,27)(H,24,28). The number of pyridine rings is 1. The van der Waals surface area contributed by atoms with E-state index in [0.29, 0.717) is 17.9 Å². The molecule has 2 amide bonds. The predicted molar refractivity (Wildman–Crippen MR) is 112 cm³/mol. The Morgan fingerprint density at radius 2 is 2.11 bits per heavy atom. The third-order valence-electron chi connectivity index (χ3n) is 4.98. The summed E-state index contributed by atoms with van der Waals surface area (Å²) < 4.78 is 0.960. The first kappa shape index (κ1) is 18.5. The van der Waals surface area contributed by atoms with E-state index in [2.05, 4.69) is 36.1 Å². The second kappa shape index (κ2) is 7.63. The normalized spacial score (nSPS) is 16.9. The molecule has 0 bridgehead atoms. The molecule has 144 valence electrons. The number of nitrogens with two attached hydrogens (primary N) is 1. The van der Waals surface area contributed by atoms with E-state index in [4.69, 9.17) is 5.73 Å². The van der Waals surface area contributed by atoms with Crippen molar-refractivity contribution in [2.24, 2.45) is 11.7 Å². The first-order chi connectivity index (χ1) is 13.5. The van der Waals surface area contributed by atoms with Gasteiger partial charge in [0.1, 0.15) is 11.5 Å². The van der Waals surface area contributed by atoms with Gasteiger partial charge in [-0.15, -0.1) is 0 Å². The summed E-state index contributed by atoms with van der Waals surface area (Å²) in [7, 11) is 0. The van der Waals surface area contributed by atoms with Crippen molar-refractivity contribution in [3.8, 4) is 0 Å². The molecule has 4 rings (SSSR count). The molecule has 1 saturated heterocycles. The van der Waals surface area contributed by atoms with Gasteiger partial charge in [0.25, 0.3) is 5.91 Å². The van der Waals surface area contributed by atoms with Crippen LogP contribution >= 0.6 is 15.9 Å². The van der Waals surface area contributed by atoms with Gasteiger partial charge in [-0.25, -0.2) is 4.98 Å². The Hall–Kier alpha value is -2.87. The number of anilines is 2. The third kappa shape index (κ3) is 3.87. The number of nitrogens with one attached hydrogen (secondary N) is 2. The molecule has 1 aliphatic heterocycles. The average molecular weight is 442 g/mol. The van der Waals surface area contributed by atoms with Crippen molar-refractivity contribution >= 4 is 50.2 Å². The number of fused-ring (bicyclic) bond motifs is 1. The molecule has 3 aromatic rings. The van der Waals surface area contributed by atoms with Gasteiger partial charge in [-0.1, -0.05) is 15.9 Å². The van der Waals surface area contributed by atoms with E-state index in [0.717, 1.165) is 40.6 Å². The van der Waals surface area contributed by atoms with E-state index in [1.165, 1.54) is 0 Å². The third-order valence-corrected chi connectivity index (χ3v) is 5.47. The summed E-state index contributed by atoms with van der Waals surface area (Å²) >= 11 is 3.43. The Balaban J connectivity index is 1.45. The summed E-state index contributed by atoms with van der Waals surface area (Å²) in [5.41, 5.74) is 7.43. The van der Waals surface area contributed by atoms with Crippen molar-refractivity contribution in [2.45, 2.75) is 12.8 Å². The first-order valence-electron chi connectivity index (χ1n) is 9.09. The number of primary amides is 1. The Labute approximate surface area is 170 Å². The second-order valence-corrected chi connectivity index (χ2v) is 7.88. The number of aromatic nitrogens is 2. The zero-order valence-electron chi connectivity index (χ0n) is 15.1. The van der Waals surface area contributed by atoms with Crippen LogP contribution in [0.4, 0.5) is 11.5 Å². The van der Waals surface area contributed by atoms with Crippen LogP contribution in [0.5, 0.6) is 0 Å². The van der Waals surface area contributed by atoms with Gasteiger partial charge in [0, 0.05) is 28.5 Å². The Morgan fingerprint density at radius 3 is 2.86 bits per heavy atom.